The molecule has 1 amide bonds. The number of rotatable bonds is 2. The molecule has 19 heavy (non-hydrogen) atoms. The van der Waals surface area contributed by atoms with E-state index in [0.29, 0.717) is 19.8 Å². The van der Waals surface area contributed by atoms with E-state index in [4.69, 9.17) is 4.74 Å². The smallest absolute Gasteiger partial charge is 0.247 e. The van der Waals surface area contributed by atoms with Crippen molar-refractivity contribution in [2.75, 3.05) is 19.8 Å². The minimum absolute atomic E-state index is 0.0439. The van der Waals surface area contributed by atoms with Gasteiger partial charge in [-0.15, -0.1) is 0 Å². The highest BCUT2D eigenvalue weighted by Gasteiger charge is 2.22. The van der Waals surface area contributed by atoms with E-state index in [2.05, 4.69) is 0 Å². The lowest BCUT2D eigenvalue weighted by molar-refractivity contribution is -0.133. The molecule has 1 aliphatic rings. The summed E-state index contributed by atoms with van der Waals surface area (Å²) in [6.07, 6.45) is 1.57. The first-order valence-corrected chi connectivity index (χ1v) is 6.40. The van der Waals surface area contributed by atoms with Gasteiger partial charge in [0.25, 0.3) is 0 Å². The Labute approximate surface area is 112 Å². The summed E-state index contributed by atoms with van der Waals surface area (Å²) in [6, 6.07) is 6.34. The molecule has 4 heteroatoms. The molecule has 3 nitrogen and oxygen atoms in total. The zero-order valence-electron chi connectivity index (χ0n) is 11.2. The van der Waals surface area contributed by atoms with Crippen LogP contribution in [0.15, 0.2) is 30.3 Å². The number of morpholine rings is 1. The summed E-state index contributed by atoms with van der Waals surface area (Å²) >= 11 is 0. The molecule has 1 aromatic carbocycles. The quantitative estimate of drug-likeness (QED) is 0.767. The van der Waals surface area contributed by atoms with Gasteiger partial charge in [-0.2, -0.15) is 0 Å². The van der Waals surface area contributed by atoms with Crippen molar-refractivity contribution in [2.45, 2.75) is 19.9 Å². The van der Waals surface area contributed by atoms with E-state index in [1.165, 1.54) is 12.1 Å². The first-order chi connectivity index (χ1) is 9.08. The number of carbonyl (C=O) groups excluding carboxylic acids is 1. The van der Waals surface area contributed by atoms with Gasteiger partial charge in [0.15, 0.2) is 0 Å². The molecule has 1 atom stereocenters. The molecular formula is C15H18FNO2. The maximum absolute atomic E-state index is 13.1. The van der Waals surface area contributed by atoms with Crippen molar-refractivity contribution >= 4 is 11.5 Å². The summed E-state index contributed by atoms with van der Waals surface area (Å²) in [5.41, 5.74) is 1.50. The van der Waals surface area contributed by atoms with E-state index in [0.717, 1.165) is 11.1 Å². The van der Waals surface area contributed by atoms with E-state index in [9.17, 15) is 9.18 Å². The highest BCUT2D eigenvalue weighted by Crippen LogP contribution is 2.16. The van der Waals surface area contributed by atoms with Gasteiger partial charge in [0, 0.05) is 12.6 Å². The molecule has 0 aromatic heterocycles. The normalized spacial score (nSPS) is 20.5. The van der Waals surface area contributed by atoms with E-state index in [1.54, 1.807) is 23.1 Å². The monoisotopic (exact) mass is 263 g/mol. The minimum atomic E-state index is -0.294. The highest BCUT2D eigenvalue weighted by molar-refractivity contribution is 5.95. The zero-order chi connectivity index (χ0) is 13.8. The Kier molecular flexibility index (Phi) is 4.32. The fourth-order valence-electron chi connectivity index (χ4n) is 2.14. The lowest BCUT2D eigenvalue weighted by Gasteiger charge is -2.32. The number of allylic oxidation sites excluding steroid dienone is 1. The van der Waals surface area contributed by atoms with Crippen molar-refractivity contribution in [1.82, 2.24) is 4.90 Å². The molecule has 1 heterocycles. The van der Waals surface area contributed by atoms with Gasteiger partial charge in [-0.05, 0) is 37.1 Å². The first kappa shape index (κ1) is 13.7. The van der Waals surface area contributed by atoms with Gasteiger partial charge in [-0.1, -0.05) is 12.1 Å². The third-order valence-corrected chi connectivity index (χ3v) is 3.27. The SMILES string of the molecule is C/C(=C\C(=O)N1CCOC[C@H]1C)c1cccc(F)c1. The van der Waals surface area contributed by atoms with Crippen LogP contribution in [0, 0.1) is 5.82 Å². The van der Waals surface area contributed by atoms with Crippen LogP contribution in [0.25, 0.3) is 5.57 Å². The minimum Gasteiger partial charge on any atom is -0.377 e. The summed E-state index contributed by atoms with van der Waals surface area (Å²) in [4.78, 5) is 14.0. The van der Waals surface area contributed by atoms with Gasteiger partial charge in [-0.25, -0.2) is 4.39 Å². The number of benzene rings is 1. The molecule has 0 saturated carbocycles. The van der Waals surface area contributed by atoms with Crippen molar-refractivity contribution in [3.63, 3.8) is 0 Å². The van der Waals surface area contributed by atoms with Crippen LogP contribution in [0.5, 0.6) is 0 Å². The topological polar surface area (TPSA) is 29.5 Å². The summed E-state index contributed by atoms with van der Waals surface area (Å²) in [5, 5.41) is 0. The molecule has 1 fully saturated rings. The summed E-state index contributed by atoms with van der Waals surface area (Å²) in [6.45, 7) is 5.52. The number of hydrogen-bond donors (Lipinski definition) is 0. The predicted octanol–water partition coefficient (Wildman–Crippen LogP) is 2.48. The van der Waals surface area contributed by atoms with Gasteiger partial charge in [0.2, 0.25) is 5.91 Å². The van der Waals surface area contributed by atoms with E-state index < -0.39 is 0 Å². The first-order valence-electron chi connectivity index (χ1n) is 6.40. The Bertz CT molecular complexity index is 499. The van der Waals surface area contributed by atoms with Crippen LogP contribution in [0.1, 0.15) is 19.4 Å². The Morgan fingerprint density at radius 3 is 3.00 bits per heavy atom. The van der Waals surface area contributed by atoms with Gasteiger partial charge in [0.1, 0.15) is 5.82 Å². The average molecular weight is 263 g/mol. The second kappa shape index (κ2) is 5.97. The van der Waals surface area contributed by atoms with Gasteiger partial charge >= 0.3 is 0 Å². The lowest BCUT2D eigenvalue weighted by atomic mass is 10.1. The molecule has 0 unspecified atom stereocenters. The molecule has 1 aliphatic heterocycles. The van der Waals surface area contributed by atoms with Gasteiger partial charge in [-0.3, -0.25) is 4.79 Å². The van der Waals surface area contributed by atoms with Crippen molar-refractivity contribution in [1.29, 1.82) is 0 Å². The largest absolute Gasteiger partial charge is 0.377 e. The van der Waals surface area contributed by atoms with Crippen LogP contribution < -0.4 is 0 Å². The summed E-state index contributed by atoms with van der Waals surface area (Å²) in [5.74, 6) is -0.338. The Morgan fingerprint density at radius 1 is 1.53 bits per heavy atom. The second-order valence-electron chi connectivity index (χ2n) is 4.79. The van der Waals surface area contributed by atoms with Crippen LogP contribution in [0.4, 0.5) is 4.39 Å². The second-order valence-corrected chi connectivity index (χ2v) is 4.79. The number of halogens is 1. The number of nitrogens with zero attached hydrogens (tertiary/aromatic N) is 1. The molecule has 0 aliphatic carbocycles. The third kappa shape index (κ3) is 3.41. The average Bonchev–Trinajstić information content (AvgIpc) is 2.39. The highest BCUT2D eigenvalue weighted by atomic mass is 19.1. The van der Waals surface area contributed by atoms with Crippen LogP contribution >= 0.6 is 0 Å². The molecule has 2 rings (SSSR count). The van der Waals surface area contributed by atoms with Crippen LogP contribution in [-0.4, -0.2) is 36.6 Å². The summed E-state index contributed by atoms with van der Waals surface area (Å²) < 4.78 is 18.4. The van der Waals surface area contributed by atoms with E-state index in [1.807, 2.05) is 13.8 Å². The van der Waals surface area contributed by atoms with Crippen molar-refractivity contribution < 1.29 is 13.9 Å². The molecule has 102 valence electrons. The van der Waals surface area contributed by atoms with E-state index in [-0.39, 0.29) is 17.8 Å². The fourth-order valence-corrected chi connectivity index (χ4v) is 2.14. The standard InChI is InChI=1S/C15H18FNO2/c1-11(13-4-3-5-14(16)9-13)8-15(18)17-6-7-19-10-12(17)2/h3-5,8-9,12H,6-7,10H2,1-2H3/b11-8+/t12-/m1/s1. The van der Waals surface area contributed by atoms with E-state index >= 15 is 0 Å². The maximum Gasteiger partial charge on any atom is 0.247 e. The van der Waals surface area contributed by atoms with Crippen molar-refractivity contribution in [3.05, 3.63) is 41.7 Å². The third-order valence-electron chi connectivity index (χ3n) is 3.27. The van der Waals surface area contributed by atoms with Crippen molar-refractivity contribution in [2.24, 2.45) is 0 Å². The predicted molar refractivity (Wildman–Crippen MR) is 72.0 cm³/mol. The van der Waals surface area contributed by atoms with Crippen LogP contribution in [0.2, 0.25) is 0 Å². The Hall–Kier alpha value is -1.68. The molecule has 0 bridgehead atoms. The number of carbonyl (C=O) groups is 1. The van der Waals surface area contributed by atoms with Crippen LogP contribution in [-0.2, 0) is 9.53 Å². The Balaban J connectivity index is 2.13. The number of ether oxygens (including phenoxy) is 1. The molecule has 0 spiro atoms. The molecular weight excluding hydrogens is 245 g/mol. The van der Waals surface area contributed by atoms with Gasteiger partial charge < -0.3 is 9.64 Å². The summed E-state index contributed by atoms with van der Waals surface area (Å²) in [7, 11) is 0. The maximum atomic E-state index is 13.1. The van der Waals surface area contributed by atoms with Crippen LogP contribution in [0.3, 0.4) is 0 Å². The Morgan fingerprint density at radius 2 is 2.32 bits per heavy atom. The molecule has 1 saturated heterocycles. The molecule has 0 radical (unpaired) electrons. The molecule has 0 N–H and O–H groups in total. The number of hydrogen-bond acceptors (Lipinski definition) is 2. The van der Waals surface area contributed by atoms with Crippen molar-refractivity contribution in [3.8, 4) is 0 Å². The zero-order valence-corrected chi connectivity index (χ0v) is 11.2. The molecule has 1 aromatic rings. The van der Waals surface area contributed by atoms with Gasteiger partial charge in [0.05, 0.1) is 19.3 Å². The lowest BCUT2D eigenvalue weighted by Crippen LogP contribution is -2.46. The fraction of sp³-hybridized carbons (Fsp3) is 0.400. The number of amides is 1.